The molecule has 2 heterocycles. The smallest absolute Gasteiger partial charge is 0.254 e. The second-order valence-electron chi connectivity index (χ2n) is 5.54. The molecule has 2 aliphatic rings. The van der Waals surface area contributed by atoms with E-state index in [0.717, 1.165) is 19.6 Å². The second-order valence-corrected chi connectivity index (χ2v) is 5.54. The first-order chi connectivity index (χ1) is 9.69. The Hall–Kier alpha value is -1.75. The highest BCUT2D eigenvalue weighted by Crippen LogP contribution is 2.25. The number of benzene rings is 1. The molecule has 20 heavy (non-hydrogen) atoms. The van der Waals surface area contributed by atoms with Gasteiger partial charge in [0.05, 0.1) is 12.8 Å². The molecule has 2 N–H and O–H groups in total. The van der Waals surface area contributed by atoms with Gasteiger partial charge in [0.2, 0.25) is 0 Å². The molecule has 0 bridgehead atoms. The number of hydrogen-bond acceptors (Lipinski definition) is 4. The van der Waals surface area contributed by atoms with Gasteiger partial charge in [-0.15, -0.1) is 0 Å². The third-order valence-corrected chi connectivity index (χ3v) is 4.35. The van der Waals surface area contributed by atoms with Gasteiger partial charge in [-0.1, -0.05) is 0 Å². The molecule has 1 aromatic rings. The minimum atomic E-state index is 0.0786. The number of amides is 1. The number of methoxy groups -OCH3 is 1. The summed E-state index contributed by atoms with van der Waals surface area (Å²) in [5.41, 5.74) is 7.01. The van der Waals surface area contributed by atoms with Crippen molar-refractivity contribution in [2.45, 2.75) is 18.9 Å². The fourth-order valence-corrected chi connectivity index (χ4v) is 3.20. The van der Waals surface area contributed by atoms with Crippen molar-refractivity contribution in [1.29, 1.82) is 0 Å². The second kappa shape index (κ2) is 5.32. The lowest BCUT2D eigenvalue weighted by Crippen LogP contribution is -2.52. The fraction of sp³-hybridized carbons (Fsp3) is 0.533. The molecule has 5 heteroatoms. The zero-order valence-corrected chi connectivity index (χ0v) is 11.8. The zero-order valence-electron chi connectivity index (χ0n) is 11.8. The number of nitrogens with zero attached hydrogens (tertiary/aromatic N) is 2. The van der Waals surface area contributed by atoms with Gasteiger partial charge in [-0.25, -0.2) is 0 Å². The molecule has 0 spiro atoms. The van der Waals surface area contributed by atoms with Crippen molar-refractivity contribution in [3.63, 3.8) is 0 Å². The maximum absolute atomic E-state index is 12.6. The quantitative estimate of drug-likeness (QED) is 0.824. The Morgan fingerprint density at radius 3 is 3.00 bits per heavy atom. The Kier molecular flexibility index (Phi) is 3.53. The average molecular weight is 275 g/mol. The first kappa shape index (κ1) is 13.2. The normalized spacial score (nSPS) is 22.6. The van der Waals surface area contributed by atoms with E-state index in [9.17, 15) is 4.79 Å². The summed E-state index contributed by atoms with van der Waals surface area (Å²) < 4.78 is 5.19. The van der Waals surface area contributed by atoms with Gasteiger partial charge < -0.3 is 15.4 Å². The van der Waals surface area contributed by atoms with Crippen molar-refractivity contribution in [3.05, 3.63) is 23.8 Å². The van der Waals surface area contributed by atoms with Crippen molar-refractivity contribution in [1.82, 2.24) is 9.80 Å². The number of carbonyl (C=O) groups excluding carboxylic acids is 1. The third kappa shape index (κ3) is 2.33. The SMILES string of the molecule is COc1cc(C(=O)N2CCN3CCCC3C2)ccc1N. The summed E-state index contributed by atoms with van der Waals surface area (Å²) in [6, 6.07) is 5.79. The van der Waals surface area contributed by atoms with Crippen LogP contribution in [-0.4, -0.2) is 55.0 Å². The first-order valence-corrected chi connectivity index (χ1v) is 7.16. The molecule has 3 rings (SSSR count). The first-order valence-electron chi connectivity index (χ1n) is 7.16. The van der Waals surface area contributed by atoms with Crippen LogP contribution in [0, 0.1) is 0 Å². The molecule has 1 atom stereocenters. The monoisotopic (exact) mass is 275 g/mol. The zero-order chi connectivity index (χ0) is 14.1. The van der Waals surface area contributed by atoms with Crippen LogP contribution in [0.4, 0.5) is 5.69 Å². The molecular formula is C15H21N3O2. The van der Waals surface area contributed by atoms with Gasteiger partial charge in [-0.3, -0.25) is 9.69 Å². The Balaban J connectivity index is 1.75. The molecule has 2 saturated heterocycles. The number of nitrogens with two attached hydrogens (primary N) is 1. The van der Waals surface area contributed by atoms with Crippen molar-refractivity contribution in [2.75, 3.05) is 39.0 Å². The van der Waals surface area contributed by atoms with Gasteiger partial charge in [0.15, 0.2) is 0 Å². The summed E-state index contributed by atoms with van der Waals surface area (Å²) in [6.07, 6.45) is 2.46. The predicted octanol–water partition coefficient (Wildman–Crippen LogP) is 1.20. The minimum absolute atomic E-state index is 0.0786. The number of piperazine rings is 1. The molecular weight excluding hydrogens is 254 g/mol. The maximum atomic E-state index is 12.6. The van der Waals surface area contributed by atoms with E-state index in [0.29, 0.717) is 23.0 Å². The Labute approximate surface area is 119 Å². The lowest BCUT2D eigenvalue weighted by Gasteiger charge is -2.37. The van der Waals surface area contributed by atoms with E-state index < -0.39 is 0 Å². The van der Waals surface area contributed by atoms with E-state index in [1.54, 1.807) is 25.3 Å². The van der Waals surface area contributed by atoms with Crippen LogP contribution in [0.3, 0.4) is 0 Å². The number of carbonyl (C=O) groups is 1. The van der Waals surface area contributed by atoms with E-state index in [1.165, 1.54) is 19.4 Å². The van der Waals surface area contributed by atoms with E-state index in [1.807, 2.05) is 4.90 Å². The molecule has 2 aliphatic heterocycles. The summed E-state index contributed by atoms with van der Waals surface area (Å²) in [6.45, 7) is 3.82. The summed E-state index contributed by atoms with van der Waals surface area (Å²) in [5, 5.41) is 0. The average Bonchev–Trinajstić information content (AvgIpc) is 2.94. The lowest BCUT2D eigenvalue weighted by atomic mass is 10.1. The number of hydrogen-bond donors (Lipinski definition) is 1. The lowest BCUT2D eigenvalue weighted by molar-refractivity contribution is 0.0571. The molecule has 0 radical (unpaired) electrons. The third-order valence-electron chi connectivity index (χ3n) is 4.35. The van der Waals surface area contributed by atoms with Crippen LogP contribution in [0.2, 0.25) is 0 Å². The highest BCUT2D eigenvalue weighted by atomic mass is 16.5. The van der Waals surface area contributed by atoms with Crippen LogP contribution >= 0.6 is 0 Å². The minimum Gasteiger partial charge on any atom is -0.495 e. The number of anilines is 1. The molecule has 1 aromatic carbocycles. The van der Waals surface area contributed by atoms with Crippen molar-refractivity contribution < 1.29 is 9.53 Å². The van der Waals surface area contributed by atoms with Crippen LogP contribution in [0.15, 0.2) is 18.2 Å². The van der Waals surface area contributed by atoms with Gasteiger partial charge in [-0.2, -0.15) is 0 Å². The molecule has 1 unspecified atom stereocenters. The molecule has 0 saturated carbocycles. The van der Waals surface area contributed by atoms with Gasteiger partial charge in [0.25, 0.3) is 5.91 Å². The molecule has 0 aromatic heterocycles. The molecule has 108 valence electrons. The molecule has 1 amide bonds. The van der Waals surface area contributed by atoms with Crippen LogP contribution in [-0.2, 0) is 0 Å². The Morgan fingerprint density at radius 1 is 1.35 bits per heavy atom. The maximum Gasteiger partial charge on any atom is 0.254 e. The van der Waals surface area contributed by atoms with Gasteiger partial charge in [0, 0.05) is 31.2 Å². The number of ether oxygens (including phenoxy) is 1. The van der Waals surface area contributed by atoms with Crippen LogP contribution in [0.25, 0.3) is 0 Å². The van der Waals surface area contributed by atoms with Crippen molar-refractivity contribution >= 4 is 11.6 Å². The van der Waals surface area contributed by atoms with E-state index >= 15 is 0 Å². The van der Waals surface area contributed by atoms with E-state index in [2.05, 4.69) is 4.90 Å². The van der Waals surface area contributed by atoms with Gasteiger partial charge >= 0.3 is 0 Å². The molecule has 2 fully saturated rings. The fourth-order valence-electron chi connectivity index (χ4n) is 3.20. The van der Waals surface area contributed by atoms with Crippen molar-refractivity contribution in [3.8, 4) is 5.75 Å². The Bertz CT molecular complexity index is 518. The van der Waals surface area contributed by atoms with Gasteiger partial charge in [0.1, 0.15) is 5.75 Å². The van der Waals surface area contributed by atoms with Crippen LogP contribution in [0.1, 0.15) is 23.2 Å². The van der Waals surface area contributed by atoms with Gasteiger partial charge in [-0.05, 0) is 37.6 Å². The predicted molar refractivity (Wildman–Crippen MR) is 77.9 cm³/mol. The van der Waals surface area contributed by atoms with Crippen LogP contribution in [0.5, 0.6) is 5.75 Å². The highest BCUT2D eigenvalue weighted by molar-refractivity contribution is 5.95. The summed E-state index contributed by atoms with van der Waals surface area (Å²) in [4.78, 5) is 17.0. The Morgan fingerprint density at radius 2 is 2.20 bits per heavy atom. The van der Waals surface area contributed by atoms with E-state index in [-0.39, 0.29) is 5.91 Å². The van der Waals surface area contributed by atoms with Crippen LogP contribution < -0.4 is 10.5 Å². The number of rotatable bonds is 2. The van der Waals surface area contributed by atoms with E-state index in [4.69, 9.17) is 10.5 Å². The standard InChI is InChI=1S/C15H21N3O2/c1-20-14-9-11(4-5-13(14)16)15(19)18-8-7-17-6-2-3-12(17)10-18/h4-5,9,12H,2-3,6-8,10,16H2,1H3. The summed E-state index contributed by atoms with van der Waals surface area (Å²) in [7, 11) is 1.57. The number of nitrogen functional groups attached to an aromatic ring is 1. The summed E-state index contributed by atoms with van der Waals surface area (Å²) >= 11 is 0. The largest absolute Gasteiger partial charge is 0.495 e. The summed E-state index contributed by atoms with van der Waals surface area (Å²) in [5.74, 6) is 0.644. The topological polar surface area (TPSA) is 58.8 Å². The number of fused-ring (bicyclic) bond motifs is 1. The molecule has 5 nitrogen and oxygen atoms in total. The highest BCUT2D eigenvalue weighted by Gasteiger charge is 2.32. The molecule has 0 aliphatic carbocycles. The van der Waals surface area contributed by atoms with Crippen molar-refractivity contribution in [2.24, 2.45) is 0 Å².